The van der Waals surface area contributed by atoms with Crippen molar-refractivity contribution in [3.8, 4) is 6.07 Å². The van der Waals surface area contributed by atoms with Crippen LogP contribution in [0.5, 0.6) is 0 Å². The Bertz CT molecular complexity index is 1160. The third-order valence-corrected chi connectivity index (χ3v) is 6.09. The van der Waals surface area contributed by atoms with Gasteiger partial charge >= 0.3 is 0 Å². The standard InChI is InChI=1S/C24H17ClFN3/c25-22-13-19(11-7-17(22)14-27)29-24(16-5-9-18(26)10-6-16)21-12-8-15-3-1-2-4-20(15)23(21)28-29/h1-7,9-11,13,21,24H,8,12H2. The second-order valence-corrected chi connectivity index (χ2v) is 7.81. The zero-order valence-corrected chi connectivity index (χ0v) is 16.3. The molecule has 142 valence electrons. The quantitative estimate of drug-likeness (QED) is 0.538. The van der Waals surface area contributed by atoms with Gasteiger partial charge in [-0.2, -0.15) is 10.4 Å². The van der Waals surface area contributed by atoms with Gasteiger partial charge in [0.15, 0.2) is 0 Å². The molecule has 0 amide bonds. The van der Waals surface area contributed by atoms with Gasteiger partial charge in [0.25, 0.3) is 0 Å². The zero-order valence-electron chi connectivity index (χ0n) is 15.5. The molecule has 0 saturated carbocycles. The Morgan fingerprint density at radius 2 is 1.86 bits per heavy atom. The number of hydrazone groups is 1. The molecule has 0 spiro atoms. The van der Waals surface area contributed by atoms with Crippen LogP contribution in [0, 0.1) is 23.1 Å². The molecule has 0 bridgehead atoms. The summed E-state index contributed by atoms with van der Waals surface area (Å²) in [5.74, 6) is -0.0559. The third-order valence-electron chi connectivity index (χ3n) is 5.78. The van der Waals surface area contributed by atoms with E-state index in [1.165, 1.54) is 23.3 Å². The van der Waals surface area contributed by atoms with E-state index in [4.69, 9.17) is 16.7 Å². The number of hydrogen-bond donors (Lipinski definition) is 0. The number of benzene rings is 3. The number of anilines is 1. The van der Waals surface area contributed by atoms with Crippen molar-refractivity contribution in [2.24, 2.45) is 11.0 Å². The first-order valence-electron chi connectivity index (χ1n) is 9.57. The van der Waals surface area contributed by atoms with E-state index in [0.29, 0.717) is 10.6 Å². The minimum absolute atomic E-state index is 0.0528. The van der Waals surface area contributed by atoms with Gasteiger partial charge in [-0.3, -0.25) is 5.01 Å². The molecule has 29 heavy (non-hydrogen) atoms. The lowest BCUT2D eigenvalue weighted by Gasteiger charge is -2.30. The zero-order chi connectivity index (χ0) is 20.0. The van der Waals surface area contributed by atoms with Crippen LogP contribution in [0.1, 0.15) is 34.7 Å². The van der Waals surface area contributed by atoms with E-state index < -0.39 is 0 Å². The van der Waals surface area contributed by atoms with Gasteiger partial charge in [-0.25, -0.2) is 4.39 Å². The van der Waals surface area contributed by atoms with E-state index in [1.807, 2.05) is 29.3 Å². The Balaban J connectivity index is 1.65. The monoisotopic (exact) mass is 401 g/mol. The van der Waals surface area contributed by atoms with Gasteiger partial charge in [0.05, 0.1) is 28.0 Å². The Morgan fingerprint density at radius 1 is 1.07 bits per heavy atom. The van der Waals surface area contributed by atoms with Crippen LogP contribution in [0.25, 0.3) is 0 Å². The molecule has 2 atom stereocenters. The van der Waals surface area contributed by atoms with E-state index >= 15 is 0 Å². The molecule has 0 aromatic heterocycles. The molecule has 5 rings (SSSR count). The summed E-state index contributed by atoms with van der Waals surface area (Å²) in [6, 6.07) is 22.4. The molecule has 2 aliphatic rings. The number of nitriles is 1. The minimum atomic E-state index is -0.255. The molecule has 1 aliphatic heterocycles. The van der Waals surface area contributed by atoms with Crippen molar-refractivity contribution >= 4 is 23.0 Å². The van der Waals surface area contributed by atoms with Crippen molar-refractivity contribution in [2.45, 2.75) is 18.9 Å². The average Bonchev–Trinajstić information content (AvgIpc) is 3.14. The van der Waals surface area contributed by atoms with E-state index in [9.17, 15) is 9.65 Å². The molecule has 1 aliphatic carbocycles. The van der Waals surface area contributed by atoms with Crippen LogP contribution in [0.4, 0.5) is 10.1 Å². The number of aryl methyl sites for hydroxylation is 1. The third kappa shape index (κ3) is 2.99. The lowest BCUT2D eigenvalue weighted by atomic mass is 9.77. The van der Waals surface area contributed by atoms with Crippen LogP contribution in [-0.2, 0) is 6.42 Å². The van der Waals surface area contributed by atoms with Gasteiger partial charge in [-0.15, -0.1) is 0 Å². The van der Waals surface area contributed by atoms with Crippen LogP contribution < -0.4 is 5.01 Å². The van der Waals surface area contributed by atoms with Crippen LogP contribution >= 0.6 is 11.6 Å². The fourth-order valence-corrected chi connectivity index (χ4v) is 4.63. The maximum atomic E-state index is 13.6. The smallest absolute Gasteiger partial charge is 0.123 e. The predicted molar refractivity (Wildman–Crippen MR) is 113 cm³/mol. The molecule has 1 heterocycles. The molecule has 5 heteroatoms. The van der Waals surface area contributed by atoms with E-state index in [1.54, 1.807) is 12.1 Å². The van der Waals surface area contributed by atoms with Gasteiger partial charge in [-0.05, 0) is 54.3 Å². The molecule has 3 aromatic rings. The van der Waals surface area contributed by atoms with E-state index in [-0.39, 0.29) is 17.8 Å². The Morgan fingerprint density at radius 3 is 2.62 bits per heavy atom. The first kappa shape index (κ1) is 17.9. The highest BCUT2D eigenvalue weighted by Gasteiger charge is 2.42. The van der Waals surface area contributed by atoms with E-state index in [2.05, 4.69) is 24.3 Å². The molecule has 2 unspecified atom stereocenters. The van der Waals surface area contributed by atoms with Crippen LogP contribution in [0.2, 0.25) is 5.02 Å². The summed E-state index contributed by atoms with van der Waals surface area (Å²) in [4.78, 5) is 0. The minimum Gasteiger partial charge on any atom is -0.257 e. The maximum Gasteiger partial charge on any atom is 0.123 e. The molecule has 3 nitrogen and oxygen atoms in total. The summed E-state index contributed by atoms with van der Waals surface area (Å²) in [6.45, 7) is 0. The van der Waals surface area contributed by atoms with Crippen molar-refractivity contribution < 1.29 is 4.39 Å². The first-order chi connectivity index (χ1) is 14.2. The summed E-state index contributed by atoms with van der Waals surface area (Å²) in [6.07, 6.45) is 1.96. The van der Waals surface area contributed by atoms with Gasteiger partial charge in [0, 0.05) is 11.5 Å². The topological polar surface area (TPSA) is 39.4 Å². The number of nitrogens with zero attached hydrogens (tertiary/aromatic N) is 3. The molecule has 0 saturated heterocycles. The van der Waals surface area contributed by atoms with E-state index in [0.717, 1.165) is 29.8 Å². The SMILES string of the molecule is N#Cc1ccc(N2N=C3c4ccccc4CCC3C2c2ccc(F)cc2)cc1Cl. The van der Waals surface area contributed by atoms with Crippen molar-refractivity contribution in [2.75, 3.05) is 5.01 Å². The Kier molecular flexibility index (Phi) is 4.34. The van der Waals surface area contributed by atoms with Gasteiger partial charge < -0.3 is 0 Å². The number of fused-ring (bicyclic) bond motifs is 3. The molecular formula is C24H17ClFN3. The number of halogens is 2. The predicted octanol–water partition coefficient (Wildman–Crippen LogP) is 5.88. The molecular weight excluding hydrogens is 385 g/mol. The largest absolute Gasteiger partial charge is 0.257 e. The lowest BCUT2D eigenvalue weighted by Crippen LogP contribution is -2.28. The highest BCUT2D eigenvalue weighted by molar-refractivity contribution is 6.32. The number of rotatable bonds is 2. The van der Waals surface area contributed by atoms with Crippen molar-refractivity contribution in [3.05, 3.63) is 99.8 Å². The summed E-state index contributed by atoms with van der Waals surface area (Å²) in [7, 11) is 0. The summed E-state index contributed by atoms with van der Waals surface area (Å²) >= 11 is 6.31. The Hall–Kier alpha value is -3.16. The second-order valence-electron chi connectivity index (χ2n) is 7.40. The van der Waals surface area contributed by atoms with Gasteiger partial charge in [-0.1, -0.05) is 48.0 Å². The molecule has 0 N–H and O–H groups in total. The summed E-state index contributed by atoms with van der Waals surface area (Å²) in [5.41, 5.74) is 5.81. The van der Waals surface area contributed by atoms with Gasteiger partial charge in [0.1, 0.15) is 11.9 Å². The molecule has 3 aromatic carbocycles. The maximum absolute atomic E-state index is 13.6. The summed E-state index contributed by atoms with van der Waals surface area (Å²) in [5, 5.41) is 16.6. The summed E-state index contributed by atoms with van der Waals surface area (Å²) < 4.78 is 13.6. The fourth-order valence-electron chi connectivity index (χ4n) is 4.41. The normalized spacial score (nSPS) is 19.9. The van der Waals surface area contributed by atoms with Gasteiger partial charge in [0.2, 0.25) is 0 Å². The highest BCUT2D eigenvalue weighted by Crippen LogP contribution is 2.45. The fraction of sp³-hybridized carbons (Fsp3) is 0.167. The van der Waals surface area contributed by atoms with Crippen LogP contribution in [0.15, 0.2) is 71.8 Å². The molecule has 0 fully saturated rings. The molecule has 0 radical (unpaired) electrons. The lowest BCUT2D eigenvalue weighted by molar-refractivity contribution is 0.509. The van der Waals surface area contributed by atoms with Crippen molar-refractivity contribution in [1.82, 2.24) is 0 Å². The Labute approximate surface area is 173 Å². The number of hydrogen-bond acceptors (Lipinski definition) is 3. The van der Waals surface area contributed by atoms with Crippen molar-refractivity contribution in [1.29, 1.82) is 5.26 Å². The highest BCUT2D eigenvalue weighted by atomic mass is 35.5. The average molecular weight is 402 g/mol. The van der Waals surface area contributed by atoms with Crippen LogP contribution in [0.3, 0.4) is 0 Å². The second kappa shape index (κ2) is 7.02. The first-order valence-corrected chi connectivity index (χ1v) is 9.94. The van der Waals surface area contributed by atoms with Crippen molar-refractivity contribution in [3.63, 3.8) is 0 Å². The van der Waals surface area contributed by atoms with Crippen LogP contribution in [-0.4, -0.2) is 5.71 Å².